The zero-order chi connectivity index (χ0) is 23.5. The lowest BCUT2D eigenvalue weighted by Crippen LogP contribution is -2.46. The molecule has 0 saturated carbocycles. The Labute approximate surface area is 202 Å². The second-order valence-corrected chi connectivity index (χ2v) is 8.80. The van der Waals surface area contributed by atoms with E-state index >= 15 is 0 Å². The number of hydrogen-bond donors (Lipinski definition) is 2. The van der Waals surface area contributed by atoms with Crippen LogP contribution in [0.4, 0.5) is 0 Å². The van der Waals surface area contributed by atoms with E-state index in [2.05, 4.69) is 10.2 Å². The Morgan fingerprint density at radius 3 is 2.39 bits per heavy atom. The van der Waals surface area contributed by atoms with E-state index in [9.17, 15) is 14.7 Å². The van der Waals surface area contributed by atoms with Gasteiger partial charge in [0.25, 0.3) is 11.7 Å². The first-order chi connectivity index (χ1) is 15.9. The van der Waals surface area contributed by atoms with Gasteiger partial charge in [-0.2, -0.15) is 0 Å². The van der Waals surface area contributed by atoms with Crippen molar-refractivity contribution in [2.24, 2.45) is 0 Å². The van der Waals surface area contributed by atoms with Crippen molar-refractivity contribution in [2.45, 2.75) is 6.04 Å². The van der Waals surface area contributed by atoms with Gasteiger partial charge in [0, 0.05) is 44.8 Å². The second-order valence-electron chi connectivity index (χ2n) is 7.99. The number of carbonyl (C=O) groups excluding carboxylic acids is 2. The van der Waals surface area contributed by atoms with E-state index in [1.165, 1.54) is 4.90 Å². The summed E-state index contributed by atoms with van der Waals surface area (Å²) in [6.07, 6.45) is 0. The number of ketones is 1. The Balaban J connectivity index is 1.74. The van der Waals surface area contributed by atoms with Crippen molar-refractivity contribution < 1.29 is 19.4 Å². The van der Waals surface area contributed by atoms with Crippen molar-refractivity contribution in [3.63, 3.8) is 0 Å². The number of halogens is 2. The average molecular weight is 490 g/mol. The number of hydrogen-bond acceptors (Lipinski definition) is 6. The highest BCUT2D eigenvalue weighted by atomic mass is 35.5. The van der Waals surface area contributed by atoms with Crippen LogP contribution in [0.2, 0.25) is 10.0 Å². The van der Waals surface area contributed by atoms with E-state index in [0.717, 1.165) is 26.2 Å². The number of nitrogens with one attached hydrogen (secondary N) is 1. The summed E-state index contributed by atoms with van der Waals surface area (Å²) in [5.74, 6) is -0.989. The van der Waals surface area contributed by atoms with Gasteiger partial charge in [-0.1, -0.05) is 29.3 Å². The van der Waals surface area contributed by atoms with Gasteiger partial charge in [0.05, 0.1) is 28.8 Å². The van der Waals surface area contributed by atoms with Gasteiger partial charge in [-0.05, 0) is 42.0 Å². The fourth-order valence-corrected chi connectivity index (χ4v) is 4.53. The van der Waals surface area contributed by atoms with Gasteiger partial charge < -0.3 is 20.1 Å². The van der Waals surface area contributed by atoms with Crippen LogP contribution in [0.15, 0.2) is 48.0 Å². The number of Topliss-reactive ketones (excluding diaryl/α,β-unsaturated/α-hetero) is 1. The third-order valence-electron chi connectivity index (χ3n) is 6.03. The van der Waals surface area contributed by atoms with Gasteiger partial charge in [0.1, 0.15) is 11.5 Å². The van der Waals surface area contributed by atoms with Crippen LogP contribution in [-0.2, 0) is 9.59 Å². The minimum Gasteiger partial charge on any atom is -0.507 e. The molecule has 1 atom stereocenters. The largest absolute Gasteiger partial charge is 0.507 e. The lowest BCUT2D eigenvalue weighted by atomic mass is 9.95. The highest BCUT2D eigenvalue weighted by Gasteiger charge is 2.46. The Hall–Kier alpha value is -2.58. The number of amides is 1. The molecule has 2 aliphatic rings. The van der Waals surface area contributed by atoms with E-state index in [1.807, 2.05) is 0 Å². The van der Waals surface area contributed by atoms with Crippen molar-refractivity contribution in [3.8, 4) is 5.75 Å². The highest BCUT2D eigenvalue weighted by Crippen LogP contribution is 2.41. The molecule has 33 heavy (non-hydrogen) atoms. The summed E-state index contributed by atoms with van der Waals surface area (Å²) in [6, 6.07) is 10.9. The first kappa shape index (κ1) is 23.6. The molecular formula is C24H25Cl2N3O4. The lowest BCUT2D eigenvalue weighted by molar-refractivity contribution is -0.140. The zero-order valence-electron chi connectivity index (χ0n) is 18.2. The Morgan fingerprint density at radius 2 is 1.76 bits per heavy atom. The first-order valence-electron chi connectivity index (χ1n) is 10.7. The van der Waals surface area contributed by atoms with E-state index in [1.54, 1.807) is 49.6 Å². The maximum absolute atomic E-state index is 13.1. The molecule has 0 bridgehead atoms. The van der Waals surface area contributed by atoms with Gasteiger partial charge in [-0.25, -0.2) is 0 Å². The molecule has 0 unspecified atom stereocenters. The van der Waals surface area contributed by atoms with Crippen LogP contribution in [0.25, 0.3) is 5.76 Å². The molecule has 2 aromatic rings. The maximum Gasteiger partial charge on any atom is 0.295 e. The molecule has 2 fully saturated rings. The van der Waals surface area contributed by atoms with Crippen LogP contribution in [0, 0.1) is 0 Å². The molecule has 2 heterocycles. The van der Waals surface area contributed by atoms with E-state index in [0.29, 0.717) is 40.0 Å². The molecule has 0 aromatic heterocycles. The van der Waals surface area contributed by atoms with Crippen LogP contribution < -0.4 is 10.1 Å². The molecule has 0 radical (unpaired) electrons. The van der Waals surface area contributed by atoms with Crippen molar-refractivity contribution >= 4 is 40.7 Å². The molecule has 9 heteroatoms. The summed E-state index contributed by atoms with van der Waals surface area (Å²) in [5, 5.41) is 15.1. The third kappa shape index (κ3) is 4.87. The standard InChI is InChI=1S/C24H25Cl2N3O4/c1-33-17-5-2-15(3-6-17)22(30)20-21(16-4-7-18(25)19(26)14-16)29(24(32)23(20)31)13-12-28-10-8-27-9-11-28/h2-7,14,21,27,30H,8-13H2,1H3/t21-/m1/s1. The maximum atomic E-state index is 13.1. The minimum absolute atomic E-state index is 0.0314. The number of piperazine rings is 1. The predicted octanol–water partition coefficient (Wildman–Crippen LogP) is 3.33. The van der Waals surface area contributed by atoms with Gasteiger partial charge >= 0.3 is 0 Å². The van der Waals surface area contributed by atoms with E-state index in [4.69, 9.17) is 27.9 Å². The van der Waals surface area contributed by atoms with Crippen molar-refractivity contribution in [3.05, 3.63) is 69.2 Å². The van der Waals surface area contributed by atoms with Crippen LogP contribution in [0.1, 0.15) is 17.2 Å². The Kier molecular flexibility index (Phi) is 7.24. The topological polar surface area (TPSA) is 82.1 Å². The molecule has 0 aliphatic carbocycles. The van der Waals surface area contributed by atoms with Crippen LogP contribution in [0.3, 0.4) is 0 Å². The van der Waals surface area contributed by atoms with Crippen LogP contribution in [-0.4, -0.2) is 73.0 Å². The number of benzene rings is 2. The van der Waals surface area contributed by atoms with Crippen LogP contribution >= 0.6 is 23.2 Å². The van der Waals surface area contributed by atoms with Crippen molar-refractivity contribution in [1.29, 1.82) is 0 Å². The van der Waals surface area contributed by atoms with Crippen LogP contribution in [0.5, 0.6) is 5.75 Å². The normalized spacial score (nSPS) is 20.9. The summed E-state index contributed by atoms with van der Waals surface area (Å²) in [7, 11) is 1.54. The highest BCUT2D eigenvalue weighted by molar-refractivity contribution is 6.46. The van der Waals surface area contributed by atoms with E-state index in [-0.39, 0.29) is 11.3 Å². The van der Waals surface area contributed by atoms with Crippen molar-refractivity contribution in [2.75, 3.05) is 46.4 Å². The minimum atomic E-state index is -0.773. The fraction of sp³-hybridized carbons (Fsp3) is 0.333. The third-order valence-corrected chi connectivity index (χ3v) is 6.77. The van der Waals surface area contributed by atoms with Gasteiger partial charge in [0.15, 0.2) is 0 Å². The number of rotatable bonds is 6. The number of nitrogens with zero attached hydrogens (tertiary/aromatic N) is 2. The fourth-order valence-electron chi connectivity index (χ4n) is 4.23. The summed E-state index contributed by atoms with van der Waals surface area (Å²) >= 11 is 12.4. The summed E-state index contributed by atoms with van der Waals surface area (Å²) in [6.45, 7) is 4.46. The van der Waals surface area contributed by atoms with Crippen molar-refractivity contribution in [1.82, 2.24) is 15.1 Å². The predicted molar refractivity (Wildman–Crippen MR) is 128 cm³/mol. The molecule has 174 valence electrons. The second kappa shape index (κ2) is 10.1. The summed E-state index contributed by atoms with van der Waals surface area (Å²) < 4.78 is 5.17. The smallest absolute Gasteiger partial charge is 0.295 e. The number of ether oxygens (including phenoxy) is 1. The first-order valence-corrected chi connectivity index (χ1v) is 11.5. The lowest BCUT2D eigenvalue weighted by Gasteiger charge is -2.31. The summed E-state index contributed by atoms with van der Waals surface area (Å²) in [4.78, 5) is 30.0. The number of aliphatic hydroxyl groups excluding tert-OH is 1. The molecule has 2 aliphatic heterocycles. The number of carbonyl (C=O) groups is 2. The molecule has 0 spiro atoms. The molecule has 2 N–H and O–H groups in total. The monoisotopic (exact) mass is 489 g/mol. The summed E-state index contributed by atoms with van der Waals surface area (Å²) in [5.41, 5.74) is 1.06. The van der Waals surface area contributed by atoms with Gasteiger partial charge in [-0.3, -0.25) is 14.5 Å². The number of likely N-dealkylation sites (tertiary alicyclic amines) is 1. The Morgan fingerprint density at radius 1 is 1.06 bits per heavy atom. The number of aliphatic hydroxyl groups is 1. The van der Waals surface area contributed by atoms with E-state index < -0.39 is 17.7 Å². The van der Waals surface area contributed by atoms with Gasteiger partial charge in [0.2, 0.25) is 0 Å². The average Bonchev–Trinajstić information content (AvgIpc) is 3.09. The SMILES string of the molecule is COc1ccc(C(O)=C2C(=O)C(=O)N(CCN3CCNCC3)[C@@H]2c2ccc(Cl)c(Cl)c2)cc1. The van der Waals surface area contributed by atoms with Gasteiger partial charge in [-0.15, -0.1) is 0 Å². The molecule has 7 nitrogen and oxygen atoms in total. The molecular weight excluding hydrogens is 465 g/mol. The zero-order valence-corrected chi connectivity index (χ0v) is 19.7. The molecule has 4 rings (SSSR count). The number of methoxy groups -OCH3 is 1. The molecule has 2 saturated heterocycles. The Bertz CT molecular complexity index is 1080. The molecule has 1 amide bonds. The quantitative estimate of drug-likeness (QED) is 0.368. The molecule has 2 aromatic carbocycles.